The summed E-state index contributed by atoms with van der Waals surface area (Å²) in [4.78, 5) is 2.10. The van der Waals surface area contributed by atoms with Gasteiger partial charge in [0.15, 0.2) is 0 Å². The molecule has 1 aliphatic heterocycles. The van der Waals surface area contributed by atoms with Gasteiger partial charge in [-0.15, -0.1) is 0 Å². The van der Waals surface area contributed by atoms with E-state index in [0.29, 0.717) is 6.61 Å². The molecule has 0 radical (unpaired) electrons. The van der Waals surface area contributed by atoms with Crippen LogP contribution in [0.1, 0.15) is 18.0 Å². The molecule has 2 rings (SSSR count). The van der Waals surface area contributed by atoms with E-state index < -0.39 is 0 Å². The Hall–Kier alpha value is -1.09. The highest BCUT2D eigenvalue weighted by Gasteiger charge is 2.23. The van der Waals surface area contributed by atoms with E-state index in [0.717, 1.165) is 17.7 Å². The molecule has 1 aromatic carbocycles. The molecule has 0 spiro atoms. The fraction of sp³-hybridized carbons (Fsp3) is 0.455. The molecular formula is C11H14FNO. The summed E-state index contributed by atoms with van der Waals surface area (Å²) in [5, 5.41) is 0. The van der Waals surface area contributed by atoms with Crippen LogP contribution in [0.25, 0.3) is 0 Å². The fourth-order valence-electron chi connectivity index (χ4n) is 1.88. The van der Waals surface area contributed by atoms with Crippen molar-refractivity contribution >= 4 is 0 Å². The Kier molecular flexibility index (Phi) is 2.42. The molecule has 1 atom stereocenters. The minimum absolute atomic E-state index is 0.193. The van der Waals surface area contributed by atoms with E-state index in [1.807, 2.05) is 14.1 Å². The summed E-state index contributed by atoms with van der Waals surface area (Å²) in [6, 6.07) is 4.99. The summed E-state index contributed by atoms with van der Waals surface area (Å²) >= 11 is 0. The van der Waals surface area contributed by atoms with Crippen molar-refractivity contribution in [2.75, 3.05) is 20.7 Å². The molecule has 14 heavy (non-hydrogen) atoms. The van der Waals surface area contributed by atoms with Crippen LogP contribution in [-0.4, -0.2) is 25.6 Å². The van der Waals surface area contributed by atoms with Crippen molar-refractivity contribution in [2.24, 2.45) is 0 Å². The highest BCUT2D eigenvalue weighted by atomic mass is 19.1. The summed E-state index contributed by atoms with van der Waals surface area (Å²) < 4.78 is 18.5. The highest BCUT2D eigenvalue weighted by Crippen LogP contribution is 2.34. The monoisotopic (exact) mass is 195 g/mol. The lowest BCUT2D eigenvalue weighted by Crippen LogP contribution is -2.26. The Balaban J connectivity index is 2.41. The molecule has 2 nitrogen and oxygen atoms in total. The van der Waals surface area contributed by atoms with Gasteiger partial charge in [0.25, 0.3) is 0 Å². The van der Waals surface area contributed by atoms with E-state index in [1.54, 1.807) is 12.1 Å². The van der Waals surface area contributed by atoms with Gasteiger partial charge in [-0.05, 0) is 32.3 Å². The molecule has 0 fully saturated rings. The van der Waals surface area contributed by atoms with Gasteiger partial charge in [0, 0.05) is 18.0 Å². The molecule has 1 aromatic rings. The van der Waals surface area contributed by atoms with Crippen LogP contribution in [0.4, 0.5) is 4.39 Å². The van der Waals surface area contributed by atoms with Crippen molar-refractivity contribution in [3.8, 4) is 5.75 Å². The first-order chi connectivity index (χ1) is 6.68. The third-order valence-electron chi connectivity index (χ3n) is 2.60. The van der Waals surface area contributed by atoms with E-state index >= 15 is 0 Å². The molecular weight excluding hydrogens is 181 g/mol. The molecule has 1 aliphatic rings. The van der Waals surface area contributed by atoms with Gasteiger partial charge >= 0.3 is 0 Å². The standard InChI is InChI=1S/C11H14FNO/c1-13(2)10-5-6-14-11-4-3-8(12)7-9(10)11/h3-4,7,10H,5-6H2,1-2H3. The Morgan fingerprint density at radius 3 is 2.93 bits per heavy atom. The first-order valence-electron chi connectivity index (χ1n) is 4.77. The summed E-state index contributed by atoms with van der Waals surface area (Å²) in [5.41, 5.74) is 0.959. The molecule has 0 amide bonds. The van der Waals surface area contributed by atoms with Crippen LogP contribution in [-0.2, 0) is 0 Å². The van der Waals surface area contributed by atoms with Crippen LogP contribution in [0.15, 0.2) is 18.2 Å². The van der Waals surface area contributed by atoms with Crippen LogP contribution in [0.3, 0.4) is 0 Å². The van der Waals surface area contributed by atoms with Crippen molar-refractivity contribution in [2.45, 2.75) is 12.5 Å². The Morgan fingerprint density at radius 2 is 2.21 bits per heavy atom. The van der Waals surface area contributed by atoms with Crippen molar-refractivity contribution in [3.05, 3.63) is 29.6 Å². The van der Waals surface area contributed by atoms with Crippen molar-refractivity contribution < 1.29 is 9.13 Å². The van der Waals surface area contributed by atoms with Crippen molar-refractivity contribution in [1.29, 1.82) is 0 Å². The number of rotatable bonds is 1. The van der Waals surface area contributed by atoms with Gasteiger partial charge in [-0.2, -0.15) is 0 Å². The topological polar surface area (TPSA) is 12.5 Å². The molecule has 0 N–H and O–H groups in total. The second-order valence-electron chi connectivity index (χ2n) is 3.80. The maximum absolute atomic E-state index is 13.1. The molecule has 0 bridgehead atoms. The van der Waals surface area contributed by atoms with E-state index in [2.05, 4.69) is 4.90 Å². The van der Waals surface area contributed by atoms with Crippen LogP contribution >= 0.6 is 0 Å². The molecule has 76 valence electrons. The predicted molar refractivity (Wildman–Crippen MR) is 52.9 cm³/mol. The first-order valence-corrected chi connectivity index (χ1v) is 4.77. The largest absolute Gasteiger partial charge is 0.493 e. The summed E-state index contributed by atoms with van der Waals surface area (Å²) in [5.74, 6) is 0.623. The lowest BCUT2D eigenvalue weighted by molar-refractivity contribution is 0.189. The van der Waals surface area contributed by atoms with Gasteiger partial charge in [0.1, 0.15) is 11.6 Å². The molecule has 0 saturated carbocycles. The quantitative estimate of drug-likeness (QED) is 0.681. The summed E-state index contributed by atoms with van der Waals surface area (Å²) in [7, 11) is 4.01. The van der Waals surface area contributed by atoms with E-state index in [1.165, 1.54) is 6.07 Å². The number of fused-ring (bicyclic) bond motifs is 1. The van der Waals surface area contributed by atoms with Gasteiger partial charge in [0.2, 0.25) is 0 Å². The second kappa shape index (κ2) is 3.58. The Labute approximate surface area is 83.3 Å². The zero-order chi connectivity index (χ0) is 10.1. The molecule has 0 aromatic heterocycles. The number of benzene rings is 1. The number of halogens is 1. The smallest absolute Gasteiger partial charge is 0.124 e. The molecule has 0 aliphatic carbocycles. The van der Waals surface area contributed by atoms with Gasteiger partial charge in [0.05, 0.1) is 6.61 Å². The van der Waals surface area contributed by atoms with Crippen molar-refractivity contribution in [3.63, 3.8) is 0 Å². The van der Waals surface area contributed by atoms with Gasteiger partial charge in [-0.1, -0.05) is 0 Å². The summed E-state index contributed by atoms with van der Waals surface area (Å²) in [6.45, 7) is 0.710. The third kappa shape index (κ3) is 1.60. The van der Waals surface area contributed by atoms with Gasteiger partial charge in [-0.25, -0.2) is 4.39 Å². The minimum atomic E-state index is -0.193. The highest BCUT2D eigenvalue weighted by molar-refractivity contribution is 5.37. The maximum atomic E-state index is 13.1. The van der Waals surface area contributed by atoms with Crippen LogP contribution in [0, 0.1) is 5.82 Å². The lowest BCUT2D eigenvalue weighted by Gasteiger charge is -2.30. The van der Waals surface area contributed by atoms with Crippen LogP contribution in [0.2, 0.25) is 0 Å². The average molecular weight is 195 g/mol. The molecule has 3 heteroatoms. The Bertz CT molecular complexity index is 338. The minimum Gasteiger partial charge on any atom is -0.493 e. The zero-order valence-corrected chi connectivity index (χ0v) is 8.46. The average Bonchev–Trinajstić information content (AvgIpc) is 2.16. The van der Waals surface area contributed by atoms with Crippen LogP contribution < -0.4 is 4.74 Å². The second-order valence-corrected chi connectivity index (χ2v) is 3.80. The van der Waals surface area contributed by atoms with Gasteiger partial charge < -0.3 is 9.64 Å². The van der Waals surface area contributed by atoms with E-state index in [-0.39, 0.29) is 11.9 Å². The molecule has 1 unspecified atom stereocenters. The van der Waals surface area contributed by atoms with Crippen LogP contribution in [0.5, 0.6) is 5.75 Å². The first kappa shape index (κ1) is 9.46. The summed E-state index contributed by atoms with van der Waals surface area (Å²) in [6.07, 6.45) is 0.920. The maximum Gasteiger partial charge on any atom is 0.124 e. The molecule has 1 heterocycles. The SMILES string of the molecule is CN(C)C1CCOc2ccc(F)cc21. The van der Waals surface area contributed by atoms with E-state index in [4.69, 9.17) is 4.74 Å². The lowest BCUT2D eigenvalue weighted by atomic mass is 10.00. The Morgan fingerprint density at radius 1 is 1.43 bits per heavy atom. The fourth-order valence-corrected chi connectivity index (χ4v) is 1.88. The normalized spacial score (nSPS) is 20.4. The number of hydrogen-bond donors (Lipinski definition) is 0. The molecule has 0 saturated heterocycles. The number of hydrogen-bond acceptors (Lipinski definition) is 2. The van der Waals surface area contributed by atoms with E-state index in [9.17, 15) is 4.39 Å². The number of nitrogens with zero attached hydrogens (tertiary/aromatic N) is 1. The van der Waals surface area contributed by atoms with Crippen molar-refractivity contribution in [1.82, 2.24) is 4.90 Å². The number of ether oxygens (including phenoxy) is 1. The predicted octanol–water partition coefficient (Wildman–Crippen LogP) is 2.21. The zero-order valence-electron chi connectivity index (χ0n) is 8.46. The third-order valence-corrected chi connectivity index (χ3v) is 2.60. The van der Waals surface area contributed by atoms with Gasteiger partial charge in [-0.3, -0.25) is 0 Å².